The molecule has 3 N–H and O–H groups in total. The van der Waals surface area contributed by atoms with E-state index < -0.39 is 10.0 Å². The fourth-order valence-corrected chi connectivity index (χ4v) is 3.84. The van der Waals surface area contributed by atoms with Gasteiger partial charge in [-0.25, -0.2) is 13.1 Å². The zero-order valence-corrected chi connectivity index (χ0v) is 12.0. The van der Waals surface area contributed by atoms with Crippen LogP contribution in [0.2, 0.25) is 0 Å². The van der Waals surface area contributed by atoms with E-state index in [1.807, 2.05) is 0 Å². The van der Waals surface area contributed by atoms with Crippen molar-refractivity contribution in [2.24, 2.45) is 5.92 Å². The van der Waals surface area contributed by atoms with Gasteiger partial charge in [-0.1, -0.05) is 13.3 Å². The average Bonchev–Trinajstić information content (AvgIpc) is 2.74. The zero-order valence-electron chi connectivity index (χ0n) is 11.2. The fourth-order valence-electron chi connectivity index (χ4n) is 2.45. The molecule has 1 fully saturated rings. The number of methoxy groups -OCH3 is 1. The monoisotopic (exact) mass is 284 g/mol. The Balaban J connectivity index is 2.24. The number of ether oxygens (including phenoxy) is 1. The Bertz CT molecular complexity index is 557. The maximum absolute atomic E-state index is 12.3. The second-order valence-electron chi connectivity index (χ2n) is 5.04. The van der Waals surface area contributed by atoms with Gasteiger partial charge in [-0.3, -0.25) is 0 Å². The van der Waals surface area contributed by atoms with Gasteiger partial charge < -0.3 is 10.5 Å². The fraction of sp³-hybridized carbons (Fsp3) is 0.538. The third-order valence-corrected chi connectivity index (χ3v) is 5.17. The van der Waals surface area contributed by atoms with Gasteiger partial charge in [-0.2, -0.15) is 0 Å². The first-order chi connectivity index (χ1) is 8.94. The number of sulfonamides is 1. The van der Waals surface area contributed by atoms with E-state index in [1.165, 1.54) is 19.2 Å². The standard InChI is InChI=1S/C13H20N2O3S/c1-9-4-3-5-12(9)15-19(16,17)10-6-7-11(14)13(8-10)18-2/h6-9,12,15H,3-5,14H2,1-2H3. The van der Waals surface area contributed by atoms with Gasteiger partial charge in [0, 0.05) is 12.1 Å². The third kappa shape index (κ3) is 3.01. The minimum absolute atomic E-state index is 0.0218. The summed E-state index contributed by atoms with van der Waals surface area (Å²) in [6, 6.07) is 4.52. The molecule has 106 valence electrons. The molecule has 0 aliphatic heterocycles. The van der Waals surface area contributed by atoms with Crippen molar-refractivity contribution in [2.75, 3.05) is 12.8 Å². The van der Waals surface area contributed by atoms with Crippen LogP contribution in [0, 0.1) is 5.92 Å². The topological polar surface area (TPSA) is 81.4 Å². The molecule has 0 bridgehead atoms. The van der Waals surface area contributed by atoms with E-state index >= 15 is 0 Å². The predicted octanol–water partition coefficient (Wildman–Crippen LogP) is 1.74. The number of benzene rings is 1. The number of nitrogens with one attached hydrogen (secondary N) is 1. The van der Waals surface area contributed by atoms with E-state index in [0.29, 0.717) is 17.4 Å². The molecule has 0 saturated heterocycles. The van der Waals surface area contributed by atoms with Crippen molar-refractivity contribution < 1.29 is 13.2 Å². The summed E-state index contributed by atoms with van der Waals surface area (Å²) >= 11 is 0. The van der Waals surface area contributed by atoms with E-state index in [2.05, 4.69) is 11.6 Å². The molecule has 2 unspecified atom stereocenters. The normalized spacial score (nSPS) is 23.5. The molecule has 0 amide bonds. The number of anilines is 1. The Morgan fingerprint density at radius 3 is 2.68 bits per heavy atom. The largest absolute Gasteiger partial charge is 0.495 e. The Hall–Kier alpha value is -1.27. The predicted molar refractivity (Wildman–Crippen MR) is 74.5 cm³/mol. The molecule has 0 spiro atoms. The lowest BCUT2D eigenvalue weighted by molar-refractivity contribution is 0.415. The van der Waals surface area contributed by atoms with Crippen LogP contribution in [-0.2, 0) is 10.0 Å². The number of hydrogen-bond donors (Lipinski definition) is 2. The summed E-state index contributed by atoms with van der Waals surface area (Å²) in [6.07, 6.45) is 3.03. The van der Waals surface area contributed by atoms with Crippen molar-refractivity contribution in [3.8, 4) is 5.75 Å². The van der Waals surface area contributed by atoms with Crippen molar-refractivity contribution in [2.45, 2.75) is 37.1 Å². The Labute approximate surface area is 114 Å². The minimum atomic E-state index is -3.51. The molecule has 0 heterocycles. The molecule has 1 saturated carbocycles. The summed E-state index contributed by atoms with van der Waals surface area (Å²) in [5.74, 6) is 0.757. The van der Waals surface area contributed by atoms with Gasteiger partial charge in [0.25, 0.3) is 0 Å². The minimum Gasteiger partial charge on any atom is -0.495 e. The van der Waals surface area contributed by atoms with Crippen LogP contribution in [0.1, 0.15) is 26.2 Å². The second-order valence-corrected chi connectivity index (χ2v) is 6.75. The molecule has 1 aromatic carbocycles. The molecule has 1 aliphatic carbocycles. The molecule has 19 heavy (non-hydrogen) atoms. The van der Waals surface area contributed by atoms with Gasteiger partial charge in [0.2, 0.25) is 10.0 Å². The van der Waals surface area contributed by atoms with Crippen molar-refractivity contribution in [3.05, 3.63) is 18.2 Å². The molecule has 6 heteroatoms. The molecular formula is C13H20N2O3S. The van der Waals surface area contributed by atoms with Crippen LogP contribution in [0.5, 0.6) is 5.75 Å². The highest BCUT2D eigenvalue weighted by Crippen LogP contribution is 2.28. The number of nitrogens with two attached hydrogens (primary N) is 1. The molecule has 1 aliphatic rings. The van der Waals surface area contributed by atoms with Crippen LogP contribution in [0.15, 0.2) is 23.1 Å². The zero-order chi connectivity index (χ0) is 14.0. The van der Waals surface area contributed by atoms with E-state index in [0.717, 1.165) is 19.3 Å². The first-order valence-corrected chi connectivity index (χ1v) is 7.88. The molecular weight excluding hydrogens is 264 g/mol. The number of nitrogen functional groups attached to an aromatic ring is 1. The smallest absolute Gasteiger partial charge is 0.240 e. The first kappa shape index (κ1) is 14.1. The highest BCUT2D eigenvalue weighted by Gasteiger charge is 2.28. The van der Waals surface area contributed by atoms with Crippen LogP contribution in [0.3, 0.4) is 0 Å². The summed E-state index contributed by atoms with van der Waals surface area (Å²) in [5, 5.41) is 0. The van der Waals surface area contributed by atoms with Crippen molar-refractivity contribution in [3.63, 3.8) is 0 Å². The SMILES string of the molecule is COc1cc(S(=O)(=O)NC2CCCC2C)ccc1N. The second kappa shape index (κ2) is 5.38. The number of rotatable bonds is 4. The quantitative estimate of drug-likeness (QED) is 0.825. The van der Waals surface area contributed by atoms with Crippen LogP contribution in [0.4, 0.5) is 5.69 Å². The van der Waals surface area contributed by atoms with Crippen LogP contribution in [0.25, 0.3) is 0 Å². The summed E-state index contributed by atoms with van der Waals surface area (Å²) in [7, 11) is -2.04. The van der Waals surface area contributed by atoms with Gasteiger partial charge >= 0.3 is 0 Å². The van der Waals surface area contributed by atoms with E-state index in [4.69, 9.17) is 10.5 Å². The van der Waals surface area contributed by atoms with Crippen molar-refractivity contribution in [1.82, 2.24) is 4.72 Å². The van der Waals surface area contributed by atoms with Gasteiger partial charge in [-0.15, -0.1) is 0 Å². The van der Waals surface area contributed by atoms with E-state index in [-0.39, 0.29) is 10.9 Å². The molecule has 5 nitrogen and oxygen atoms in total. The van der Waals surface area contributed by atoms with Gasteiger partial charge in [0.15, 0.2) is 0 Å². The van der Waals surface area contributed by atoms with Crippen molar-refractivity contribution in [1.29, 1.82) is 0 Å². The molecule has 0 radical (unpaired) electrons. The van der Waals surface area contributed by atoms with Crippen LogP contribution in [-0.4, -0.2) is 21.6 Å². The summed E-state index contributed by atoms with van der Waals surface area (Å²) in [6.45, 7) is 2.07. The maximum atomic E-state index is 12.3. The van der Waals surface area contributed by atoms with Crippen LogP contribution >= 0.6 is 0 Å². The molecule has 2 rings (SSSR count). The molecule has 2 atom stereocenters. The summed E-state index contributed by atoms with van der Waals surface area (Å²) in [4.78, 5) is 0.192. The van der Waals surface area contributed by atoms with Crippen LogP contribution < -0.4 is 15.2 Å². The van der Waals surface area contributed by atoms with E-state index in [9.17, 15) is 8.42 Å². The van der Waals surface area contributed by atoms with Gasteiger partial charge in [0.05, 0.1) is 17.7 Å². The Kier molecular flexibility index (Phi) is 4.01. The average molecular weight is 284 g/mol. The van der Waals surface area contributed by atoms with E-state index in [1.54, 1.807) is 6.07 Å². The highest BCUT2D eigenvalue weighted by molar-refractivity contribution is 7.89. The lowest BCUT2D eigenvalue weighted by atomic mass is 10.1. The Morgan fingerprint density at radius 1 is 1.37 bits per heavy atom. The summed E-state index contributed by atoms with van der Waals surface area (Å²) in [5.41, 5.74) is 6.12. The summed E-state index contributed by atoms with van der Waals surface area (Å²) < 4.78 is 32.4. The maximum Gasteiger partial charge on any atom is 0.240 e. The lowest BCUT2D eigenvalue weighted by Gasteiger charge is -2.17. The first-order valence-electron chi connectivity index (χ1n) is 6.40. The third-order valence-electron chi connectivity index (χ3n) is 3.68. The van der Waals surface area contributed by atoms with Crippen molar-refractivity contribution >= 4 is 15.7 Å². The van der Waals surface area contributed by atoms with Gasteiger partial charge in [0.1, 0.15) is 5.75 Å². The number of hydrogen-bond acceptors (Lipinski definition) is 4. The molecule has 1 aromatic rings. The lowest BCUT2D eigenvalue weighted by Crippen LogP contribution is -2.36. The van der Waals surface area contributed by atoms with Gasteiger partial charge in [-0.05, 0) is 30.9 Å². The highest BCUT2D eigenvalue weighted by atomic mass is 32.2. The Morgan fingerprint density at radius 2 is 2.11 bits per heavy atom. The molecule has 0 aromatic heterocycles.